The van der Waals surface area contributed by atoms with Gasteiger partial charge in [0.15, 0.2) is 6.10 Å². The molecule has 0 unspecified atom stereocenters. The molecular weight excluding hydrogens is 837 g/mol. The summed E-state index contributed by atoms with van der Waals surface area (Å²) < 4.78 is 17.6. The SMILES string of the molecule is CCCCCCCCCCCCCCCCCCCCCC(=O)OC[C@@H](COCCCCCCCCCCCCCCCCCC)OC(=O)CCCCCCCCCCCCCCCCCCC. The van der Waals surface area contributed by atoms with E-state index in [1.54, 1.807) is 0 Å². The molecule has 0 radical (unpaired) electrons. The molecule has 0 N–H and O–H groups in total. The minimum Gasteiger partial charge on any atom is -0.462 e. The zero-order valence-corrected chi connectivity index (χ0v) is 46.9. The van der Waals surface area contributed by atoms with Gasteiger partial charge in [-0.2, -0.15) is 0 Å². The summed E-state index contributed by atoms with van der Waals surface area (Å²) in [5, 5.41) is 0. The minimum atomic E-state index is -0.525. The molecule has 0 aliphatic heterocycles. The van der Waals surface area contributed by atoms with Crippen molar-refractivity contribution in [1.29, 1.82) is 0 Å². The highest BCUT2D eigenvalue weighted by atomic mass is 16.6. The van der Waals surface area contributed by atoms with Crippen molar-refractivity contribution in [3.63, 3.8) is 0 Å². The molecule has 0 aromatic heterocycles. The third-order valence-corrected chi connectivity index (χ3v) is 14.6. The zero-order valence-electron chi connectivity index (χ0n) is 46.9. The van der Waals surface area contributed by atoms with Gasteiger partial charge in [0.1, 0.15) is 6.61 Å². The Morgan fingerprint density at radius 2 is 0.485 bits per heavy atom. The van der Waals surface area contributed by atoms with Crippen molar-refractivity contribution in [3.05, 3.63) is 0 Å². The van der Waals surface area contributed by atoms with Gasteiger partial charge in [-0.25, -0.2) is 0 Å². The third kappa shape index (κ3) is 57.5. The Morgan fingerprint density at radius 1 is 0.265 bits per heavy atom. The van der Waals surface area contributed by atoms with Crippen molar-refractivity contribution >= 4 is 11.9 Å². The van der Waals surface area contributed by atoms with Gasteiger partial charge in [-0.15, -0.1) is 0 Å². The Morgan fingerprint density at radius 3 is 0.750 bits per heavy atom. The van der Waals surface area contributed by atoms with E-state index in [1.165, 1.54) is 302 Å². The molecule has 0 heterocycles. The van der Waals surface area contributed by atoms with Crippen LogP contribution in [-0.2, 0) is 23.8 Å². The van der Waals surface area contributed by atoms with Gasteiger partial charge in [-0.3, -0.25) is 9.59 Å². The third-order valence-electron chi connectivity index (χ3n) is 14.6. The Balaban J connectivity index is 4.17. The molecule has 5 nitrogen and oxygen atoms in total. The maximum atomic E-state index is 12.9. The highest BCUT2D eigenvalue weighted by molar-refractivity contribution is 5.70. The van der Waals surface area contributed by atoms with Crippen molar-refractivity contribution < 1.29 is 23.8 Å². The Bertz CT molecular complexity index is 952. The van der Waals surface area contributed by atoms with Crippen LogP contribution in [-0.4, -0.2) is 37.9 Å². The lowest BCUT2D eigenvalue weighted by molar-refractivity contribution is -0.163. The van der Waals surface area contributed by atoms with Crippen LogP contribution in [0.4, 0.5) is 0 Å². The summed E-state index contributed by atoms with van der Waals surface area (Å²) in [6.07, 6.45) is 69.9. The highest BCUT2D eigenvalue weighted by Crippen LogP contribution is 2.18. The molecule has 0 amide bonds. The topological polar surface area (TPSA) is 61.8 Å². The van der Waals surface area contributed by atoms with Crippen LogP contribution in [0.3, 0.4) is 0 Å². The molecule has 0 saturated carbocycles. The van der Waals surface area contributed by atoms with Gasteiger partial charge in [-0.1, -0.05) is 335 Å². The first-order valence-electron chi connectivity index (χ1n) is 31.6. The monoisotopic (exact) mass is 961 g/mol. The lowest BCUT2D eigenvalue weighted by atomic mass is 10.0. The molecule has 406 valence electrons. The number of esters is 2. The van der Waals surface area contributed by atoms with Gasteiger partial charge in [0.2, 0.25) is 0 Å². The molecule has 0 saturated heterocycles. The summed E-state index contributed by atoms with van der Waals surface area (Å²) in [5.74, 6) is -0.360. The van der Waals surface area contributed by atoms with E-state index in [4.69, 9.17) is 14.2 Å². The average Bonchev–Trinajstić information content (AvgIpc) is 3.34. The second kappa shape index (κ2) is 60.2. The van der Waals surface area contributed by atoms with Crippen LogP contribution in [0.15, 0.2) is 0 Å². The molecule has 0 spiro atoms. The van der Waals surface area contributed by atoms with Crippen LogP contribution < -0.4 is 0 Å². The van der Waals surface area contributed by atoms with Gasteiger partial charge in [0, 0.05) is 19.4 Å². The van der Waals surface area contributed by atoms with Crippen molar-refractivity contribution in [1.82, 2.24) is 0 Å². The average molecular weight is 962 g/mol. The smallest absolute Gasteiger partial charge is 0.306 e. The molecule has 0 aromatic rings. The van der Waals surface area contributed by atoms with Crippen molar-refractivity contribution in [2.45, 2.75) is 374 Å². The van der Waals surface area contributed by atoms with E-state index < -0.39 is 6.10 Å². The highest BCUT2D eigenvalue weighted by Gasteiger charge is 2.18. The van der Waals surface area contributed by atoms with E-state index in [-0.39, 0.29) is 18.5 Å². The van der Waals surface area contributed by atoms with Crippen molar-refractivity contribution in [2.75, 3.05) is 19.8 Å². The van der Waals surface area contributed by atoms with Crippen LogP contribution in [0, 0.1) is 0 Å². The molecule has 0 bridgehead atoms. The summed E-state index contributed by atoms with van der Waals surface area (Å²) >= 11 is 0. The largest absolute Gasteiger partial charge is 0.462 e. The number of carbonyl (C=O) groups excluding carboxylic acids is 2. The standard InChI is InChI=1S/C63H124O5/c1-4-7-10-13-16-19-22-25-28-31-32-34-35-38-41-44-47-50-53-56-62(64)67-60-61(59-66-58-55-52-49-46-43-40-37-30-27-24-21-18-15-12-9-6-3)68-63(65)57-54-51-48-45-42-39-36-33-29-26-23-20-17-14-11-8-5-2/h61H,4-60H2,1-3H3/t61-/m1/s1. The minimum absolute atomic E-state index is 0.0989. The maximum absolute atomic E-state index is 12.9. The summed E-state index contributed by atoms with van der Waals surface area (Å²) in [4.78, 5) is 25.6. The molecule has 5 heteroatoms. The number of hydrogen-bond acceptors (Lipinski definition) is 5. The Kier molecular flexibility index (Phi) is 59.2. The molecule has 0 fully saturated rings. The normalized spacial score (nSPS) is 12.0. The van der Waals surface area contributed by atoms with Crippen LogP contribution in [0.5, 0.6) is 0 Å². The van der Waals surface area contributed by atoms with Gasteiger partial charge < -0.3 is 14.2 Å². The fraction of sp³-hybridized carbons (Fsp3) is 0.968. The zero-order chi connectivity index (χ0) is 49.2. The number of rotatable bonds is 60. The summed E-state index contributed by atoms with van der Waals surface area (Å²) in [5.41, 5.74) is 0. The van der Waals surface area contributed by atoms with Crippen molar-refractivity contribution in [2.24, 2.45) is 0 Å². The summed E-state index contributed by atoms with van der Waals surface area (Å²) in [6.45, 7) is 7.94. The molecule has 0 aromatic carbocycles. The molecule has 68 heavy (non-hydrogen) atoms. The van der Waals surface area contributed by atoms with Crippen LogP contribution in [0.25, 0.3) is 0 Å². The summed E-state index contributed by atoms with van der Waals surface area (Å²) in [7, 11) is 0. The fourth-order valence-electron chi connectivity index (χ4n) is 9.93. The van der Waals surface area contributed by atoms with E-state index >= 15 is 0 Å². The predicted octanol–water partition coefficient (Wildman–Crippen LogP) is 21.6. The molecule has 0 rings (SSSR count). The molecule has 0 aliphatic rings. The van der Waals surface area contributed by atoms with E-state index in [2.05, 4.69) is 20.8 Å². The first-order chi connectivity index (χ1) is 33.6. The van der Waals surface area contributed by atoms with E-state index in [1.807, 2.05) is 0 Å². The van der Waals surface area contributed by atoms with Crippen LogP contribution in [0.1, 0.15) is 367 Å². The number of unbranched alkanes of at least 4 members (excludes halogenated alkanes) is 49. The van der Waals surface area contributed by atoms with Crippen LogP contribution in [0.2, 0.25) is 0 Å². The van der Waals surface area contributed by atoms with Gasteiger partial charge >= 0.3 is 11.9 Å². The van der Waals surface area contributed by atoms with E-state index in [0.717, 1.165) is 32.1 Å². The van der Waals surface area contributed by atoms with Gasteiger partial charge in [0.05, 0.1) is 6.61 Å². The van der Waals surface area contributed by atoms with E-state index in [9.17, 15) is 9.59 Å². The number of hydrogen-bond donors (Lipinski definition) is 0. The lowest BCUT2D eigenvalue weighted by Gasteiger charge is -2.18. The predicted molar refractivity (Wildman–Crippen MR) is 298 cm³/mol. The quantitative estimate of drug-likeness (QED) is 0.0449. The van der Waals surface area contributed by atoms with Crippen molar-refractivity contribution in [3.8, 4) is 0 Å². The summed E-state index contributed by atoms with van der Waals surface area (Å²) in [6, 6.07) is 0. The molecular formula is C63H124O5. The van der Waals surface area contributed by atoms with Gasteiger partial charge in [-0.05, 0) is 19.3 Å². The molecule has 0 aliphatic carbocycles. The second-order valence-corrected chi connectivity index (χ2v) is 21.7. The first-order valence-corrected chi connectivity index (χ1v) is 31.6. The lowest BCUT2D eigenvalue weighted by Crippen LogP contribution is -2.30. The second-order valence-electron chi connectivity index (χ2n) is 21.7. The number of carbonyl (C=O) groups is 2. The fourth-order valence-corrected chi connectivity index (χ4v) is 9.93. The number of ether oxygens (including phenoxy) is 3. The van der Waals surface area contributed by atoms with E-state index in [0.29, 0.717) is 26.1 Å². The van der Waals surface area contributed by atoms with Crippen LogP contribution >= 0.6 is 0 Å². The maximum Gasteiger partial charge on any atom is 0.306 e. The Hall–Kier alpha value is -1.10. The Labute approximate surface area is 427 Å². The van der Waals surface area contributed by atoms with Gasteiger partial charge in [0.25, 0.3) is 0 Å². The molecule has 1 atom stereocenters. The first kappa shape index (κ1) is 66.9.